The number of ether oxygens (including phenoxy) is 1. The van der Waals surface area contributed by atoms with Crippen LogP contribution in [-0.4, -0.2) is 38.0 Å². The first-order valence-electron chi connectivity index (χ1n) is 8.61. The fourth-order valence-electron chi connectivity index (χ4n) is 2.96. The average molecular weight is 460 g/mol. The Balaban J connectivity index is 2.15. The molecular formula is C19H17ClF3N3O3S. The number of benzene rings is 2. The molecule has 1 heterocycles. The fourth-order valence-corrected chi connectivity index (χ4v) is 4.32. The number of hydrogen-bond donors (Lipinski definition) is 2. The molecule has 160 valence electrons. The van der Waals surface area contributed by atoms with Crippen LogP contribution in [-0.2, 0) is 16.0 Å². The highest BCUT2D eigenvalue weighted by atomic mass is 35.5. The van der Waals surface area contributed by atoms with Crippen molar-refractivity contribution in [1.29, 1.82) is 0 Å². The van der Waals surface area contributed by atoms with Crippen molar-refractivity contribution < 1.29 is 26.3 Å². The highest BCUT2D eigenvalue weighted by molar-refractivity contribution is 7.91. The van der Waals surface area contributed by atoms with Crippen molar-refractivity contribution >= 4 is 21.4 Å². The van der Waals surface area contributed by atoms with Gasteiger partial charge in [-0.25, -0.2) is 8.42 Å². The van der Waals surface area contributed by atoms with Crippen molar-refractivity contribution in [1.82, 2.24) is 10.2 Å². The lowest BCUT2D eigenvalue weighted by Crippen LogP contribution is -2.15. The van der Waals surface area contributed by atoms with Crippen LogP contribution >= 0.6 is 11.6 Å². The lowest BCUT2D eigenvalue weighted by Gasteiger charge is -2.11. The maximum absolute atomic E-state index is 13.6. The van der Waals surface area contributed by atoms with Crippen LogP contribution in [0.25, 0.3) is 22.4 Å². The zero-order valence-corrected chi connectivity index (χ0v) is 17.2. The molecule has 0 bridgehead atoms. The molecule has 0 atom stereocenters. The molecule has 0 fully saturated rings. The molecule has 1 aromatic heterocycles. The standard InChI is InChI=1S/C19H17ClF3N3O3S/c1-29-15-7-4-12(10-14(15)20)16-17(25-26-18(16)19(21,22)23)11-2-5-13(6-3-11)30(27,28)9-8-24/h2-7,10H,8-9,24H2,1H3,(H,25,26). The first-order valence-corrected chi connectivity index (χ1v) is 10.6. The first-order chi connectivity index (χ1) is 14.1. The number of halogens is 4. The minimum absolute atomic E-state index is 0.0290. The summed E-state index contributed by atoms with van der Waals surface area (Å²) in [4.78, 5) is 0.0290. The number of hydrogen-bond acceptors (Lipinski definition) is 5. The largest absolute Gasteiger partial charge is 0.495 e. The number of sulfone groups is 1. The quantitative estimate of drug-likeness (QED) is 0.577. The molecular weight excluding hydrogens is 443 g/mol. The van der Waals surface area contributed by atoms with Crippen LogP contribution in [0.5, 0.6) is 5.75 Å². The second-order valence-corrected chi connectivity index (χ2v) is 8.82. The van der Waals surface area contributed by atoms with E-state index in [0.29, 0.717) is 11.3 Å². The second kappa shape index (κ2) is 8.29. The van der Waals surface area contributed by atoms with Gasteiger partial charge in [0.2, 0.25) is 0 Å². The van der Waals surface area contributed by atoms with Gasteiger partial charge < -0.3 is 10.5 Å². The Morgan fingerprint density at radius 2 is 1.77 bits per heavy atom. The van der Waals surface area contributed by atoms with Gasteiger partial charge in [-0.15, -0.1) is 0 Å². The number of methoxy groups -OCH3 is 1. The normalized spacial score (nSPS) is 12.2. The lowest BCUT2D eigenvalue weighted by atomic mass is 9.98. The summed E-state index contributed by atoms with van der Waals surface area (Å²) >= 11 is 6.10. The molecule has 3 N–H and O–H groups in total. The van der Waals surface area contributed by atoms with E-state index in [0.717, 1.165) is 0 Å². The predicted octanol–water partition coefficient (Wildman–Crippen LogP) is 4.16. The summed E-state index contributed by atoms with van der Waals surface area (Å²) in [5.74, 6) is 0.0815. The van der Waals surface area contributed by atoms with Crippen molar-refractivity contribution in [2.75, 3.05) is 19.4 Å². The zero-order valence-electron chi connectivity index (χ0n) is 15.6. The van der Waals surface area contributed by atoms with E-state index in [1.54, 1.807) is 0 Å². The molecule has 0 aliphatic heterocycles. The molecule has 0 aliphatic rings. The molecule has 30 heavy (non-hydrogen) atoms. The van der Waals surface area contributed by atoms with E-state index < -0.39 is 21.7 Å². The summed E-state index contributed by atoms with van der Waals surface area (Å²) in [5.41, 5.74) is 4.58. The topological polar surface area (TPSA) is 98.1 Å². The van der Waals surface area contributed by atoms with E-state index in [9.17, 15) is 21.6 Å². The van der Waals surface area contributed by atoms with Gasteiger partial charge >= 0.3 is 6.18 Å². The molecule has 0 saturated carbocycles. The maximum Gasteiger partial charge on any atom is 0.435 e. The van der Waals surface area contributed by atoms with Gasteiger partial charge in [-0.05, 0) is 29.8 Å². The summed E-state index contributed by atoms with van der Waals surface area (Å²) in [6.07, 6.45) is -4.72. The second-order valence-electron chi connectivity index (χ2n) is 6.30. The summed E-state index contributed by atoms with van der Waals surface area (Å²) in [7, 11) is -2.17. The van der Waals surface area contributed by atoms with Crippen molar-refractivity contribution in [3.63, 3.8) is 0 Å². The number of nitrogens with one attached hydrogen (secondary N) is 1. The van der Waals surface area contributed by atoms with E-state index in [1.165, 1.54) is 49.6 Å². The van der Waals surface area contributed by atoms with Gasteiger partial charge in [0.25, 0.3) is 0 Å². The molecule has 6 nitrogen and oxygen atoms in total. The highest BCUT2D eigenvalue weighted by Crippen LogP contribution is 2.42. The minimum Gasteiger partial charge on any atom is -0.495 e. The molecule has 0 aliphatic carbocycles. The van der Waals surface area contributed by atoms with Gasteiger partial charge in [-0.1, -0.05) is 29.8 Å². The number of nitrogens with two attached hydrogens (primary N) is 1. The fraction of sp³-hybridized carbons (Fsp3) is 0.211. The number of aromatic amines is 1. The molecule has 0 saturated heterocycles. The monoisotopic (exact) mass is 459 g/mol. The third kappa shape index (κ3) is 4.30. The Bertz CT molecular complexity index is 1160. The Morgan fingerprint density at radius 3 is 2.30 bits per heavy atom. The molecule has 11 heteroatoms. The van der Waals surface area contributed by atoms with Gasteiger partial charge in [0.1, 0.15) is 5.75 Å². The lowest BCUT2D eigenvalue weighted by molar-refractivity contribution is -0.140. The van der Waals surface area contributed by atoms with Crippen LogP contribution in [0.2, 0.25) is 5.02 Å². The van der Waals surface area contributed by atoms with E-state index >= 15 is 0 Å². The van der Waals surface area contributed by atoms with Gasteiger partial charge in [0.05, 0.1) is 28.5 Å². The Kier molecular flexibility index (Phi) is 6.11. The van der Waals surface area contributed by atoms with Gasteiger partial charge in [0.15, 0.2) is 15.5 Å². The van der Waals surface area contributed by atoms with Crippen LogP contribution < -0.4 is 10.5 Å². The van der Waals surface area contributed by atoms with Crippen molar-refractivity contribution in [3.8, 4) is 28.1 Å². The third-order valence-corrected chi connectivity index (χ3v) is 6.42. The van der Waals surface area contributed by atoms with E-state index in [2.05, 4.69) is 10.2 Å². The van der Waals surface area contributed by atoms with Gasteiger partial charge in [-0.3, -0.25) is 5.10 Å². The average Bonchev–Trinajstić information content (AvgIpc) is 3.13. The third-order valence-electron chi connectivity index (χ3n) is 4.36. The molecule has 0 radical (unpaired) electrons. The van der Waals surface area contributed by atoms with E-state index in [-0.39, 0.29) is 39.0 Å². The highest BCUT2D eigenvalue weighted by Gasteiger charge is 2.38. The van der Waals surface area contributed by atoms with Crippen LogP contribution in [0.1, 0.15) is 5.69 Å². The summed E-state index contributed by atoms with van der Waals surface area (Å²) < 4.78 is 70.1. The molecule has 0 amide bonds. The smallest absolute Gasteiger partial charge is 0.435 e. The van der Waals surface area contributed by atoms with Crippen molar-refractivity contribution in [2.45, 2.75) is 11.1 Å². The van der Waals surface area contributed by atoms with Crippen molar-refractivity contribution in [2.24, 2.45) is 5.73 Å². The first kappa shape index (κ1) is 22.1. The molecule has 3 aromatic rings. The maximum atomic E-state index is 13.6. The van der Waals surface area contributed by atoms with Gasteiger partial charge in [0, 0.05) is 17.7 Å². The number of alkyl halides is 3. The Labute approximate surface area is 175 Å². The number of nitrogens with zero attached hydrogens (tertiary/aromatic N) is 1. The summed E-state index contributed by atoms with van der Waals surface area (Å²) in [6.45, 7) is -0.0397. The summed E-state index contributed by atoms with van der Waals surface area (Å²) in [6, 6.07) is 9.70. The summed E-state index contributed by atoms with van der Waals surface area (Å²) in [5, 5.41) is 6.00. The van der Waals surface area contributed by atoms with Crippen molar-refractivity contribution in [3.05, 3.63) is 53.2 Å². The Hall–Kier alpha value is -2.56. The minimum atomic E-state index is -4.72. The molecule has 0 spiro atoms. The van der Waals surface area contributed by atoms with Crippen LogP contribution in [0.4, 0.5) is 13.2 Å². The predicted molar refractivity (Wildman–Crippen MR) is 107 cm³/mol. The number of aromatic nitrogens is 2. The van der Waals surface area contributed by atoms with Crippen LogP contribution in [0, 0.1) is 0 Å². The molecule has 2 aromatic carbocycles. The zero-order chi connectivity index (χ0) is 22.1. The van der Waals surface area contributed by atoms with E-state index in [4.69, 9.17) is 22.1 Å². The van der Waals surface area contributed by atoms with Crippen LogP contribution in [0.3, 0.4) is 0 Å². The van der Waals surface area contributed by atoms with Gasteiger partial charge in [-0.2, -0.15) is 18.3 Å². The van der Waals surface area contributed by atoms with Crippen LogP contribution in [0.15, 0.2) is 47.4 Å². The number of H-pyrrole nitrogens is 1. The Morgan fingerprint density at radius 1 is 1.13 bits per heavy atom. The number of rotatable bonds is 6. The molecule has 3 rings (SSSR count). The SMILES string of the molecule is COc1ccc(-c2c(C(F)(F)F)n[nH]c2-c2ccc(S(=O)(=O)CCN)cc2)cc1Cl. The molecule has 0 unspecified atom stereocenters. The van der Waals surface area contributed by atoms with E-state index in [1.807, 2.05) is 0 Å².